The van der Waals surface area contributed by atoms with Gasteiger partial charge in [0, 0.05) is 24.4 Å². The highest BCUT2D eigenvalue weighted by atomic mass is 35.5. The molecule has 0 N–H and O–H groups in total. The van der Waals surface area contributed by atoms with Crippen LogP contribution in [0.5, 0.6) is 0 Å². The summed E-state index contributed by atoms with van der Waals surface area (Å²) in [5.41, 5.74) is 0. The second-order valence-electron chi connectivity index (χ2n) is 2.87. The molecular weight excluding hydrogens is 215 g/mol. The van der Waals surface area contributed by atoms with Crippen LogP contribution in [0.1, 0.15) is 20.8 Å². The molecule has 0 saturated heterocycles. The van der Waals surface area contributed by atoms with Gasteiger partial charge in [0.15, 0.2) is 0 Å². The fourth-order valence-electron chi connectivity index (χ4n) is 1.43. The highest BCUT2D eigenvalue weighted by Gasteiger charge is 2.27. The maximum atomic E-state index is 6.15. The third kappa shape index (κ3) is 2.70. The zero-order chi connectivity index (χ0) is 9.78. The van der Waals surface area contributed by atoms with Crippen molar-refractivity contribution >= 4 is 40.9 Å². The Bertz CT molecular complexity index is 120. The minimum atomic E-state index is -0.494. The molecule has 0 aromatic rings. The van der Waals surface area contributed by atoms with Gasteiger partial charge < -0.3 is 15.9 Å². The van der Waals surface area contributed by atoms with Crippen molar-refractivity contribution in [1.82, 2.24) is 0 Å². The maximum Gasteiger partial charge on any atom is 0.261 e. The molecule has 0 aromatic heterocycles. The van der Waals surface area contributed by atoms with Gasteiger partial charge in [-0.3, -0.25) is 0 Å². The lowest BCUT2D eigenvalue weighted by Gasteiger charge is -2.51. The summed E-state index contributed by atoms with van der Waals surface area (Å²) in [5, 5.41) is 0. The third-order valence-corrected chi connectivity index (χ3v) is 4.02. The van der Waals surface area contributed by atoms with Crippen molar-refractivity contribution in [3.63, 3.8) is 0 Å². The Labute approximate surface area is 90.6 Å². The monoisotopic (exact) mass is 230 g/mol. The fraction of sp³-hybridized carbons (Fsp3) is 1.00. The average Bonchev–Trinajstić information content (AvgIpc) is 2.08. The molecule has 1 nitrogen and oxygen atoms in total. The van der Waals surface area contributed by atoms with Crippen LogP contribution in [0.15, 0.2) is 0 Å². The van der Waals surface area contributed by atoms with Crippen molar-refractivity contribution in [2.45, 2.75) is 25.5 Å². The van der Waals surface area contributed by atoms with Crippen molar-refractivity contribution < 1.29 is 4.39 Å². The molecule has 0 aliphatic carbocycles. The molecule has 5 heteroatoms. The molecule has 0 atom stereocenters. The second kappa shape index (κ2) is 5.59. The zero-order valence-electron chi connectivity index (χ0n) is 7.86. The number of nitrogens with zero attached hydrogens (tertiary/aromatic N) is 1. The van der Waals surface area contributed by atoms with E-state index >= 15 is 0 Å². The molecule has 1 radical (unpaired) electrons. The summed E-state index contributed by atoms with van der Waals surface area (Å²) in [5.74, 6) is 0. The molecule has 0 heterocycles. The predicted molar refractivity (Wildman–Crippen MR) is 59.0 cm³/mol. The predicted octanol–water partition coefficient (Wildman–Crippen LogP) is 2.93. The SMILES string of the molecule is CC[N+](CC)(CC)[B-](Cl)C(Cl)Cl. The molecule has 0 bridgehead atoms. The van der Waals surface area contributed by atoms with E-state index in [-0.39, 0.29) is 6.26 Å². The highest BCUT2D eigenvalue weighted by molar-refractivity contribution is 7.09. The number of halogens is 3. The summed E-state index contributed by atoms with van der Waals surface area (Å²) in [6.45, 7) is 9.24. The minimum Gasteiger partial charge on any atom is -0.522 e. The normalized spacial score (nSPS) is 13.0. The fourth-order valence-corrected chi connectivity index (χ4v) is 2.33. The first-order valence-electron chi connectivity index (χ1n) is 4.32. The molecule has 0 spiro atoms. The van der Waals surface area contributed by atoms with Crippen LogP contribution in [0.4, 0.5) is 0 Å². The molecule has 0 saturated carbocycles. The lowest BCUT2D eigenvalue weighted by atomic mass is 9.87. The lowest BCUT2D eigenvalue weighted by Crippen LogP contribution is -2.58. The largest absolute Gasteiger partial charge is 0.522 e. The van der Waals surface area contributed by atoms with Gasteiger partial charge in [0.05, 0.1) is 0 Å². The van der Waals surface area contributed by atoms with E-state index in [1.807, 2.05) is 0 Å². The van der Waals surface area contributed by atoms with Crippen LogP contribution in [-0.2, 0) is 0 Å². The number of alkyl halides is 2. The number of hydrogen-bond donors (Lipinski definition) is 0. The van der Waals surface area contributed by atoms with E-state index in [0.717, 1.165) is 24.0 Å². The van der Waals surface area contributed by atoms with E-state index < -0.39 is 4.74 Å². The van der Waals surface area contributed by atoms with Gasteiger partial charge in [0.25, 0.3) is 6.26 Å². The van der Waals surface area contributed by atoms with Gasteiger partial charge in [-0.1, -0.05) is 0 Å². The van der Waals surface area contributed by atoms with Gasteiger partial charge in [-0.05, 0) is 20.8 Å². The maximum absolute atomic E-state index is 6.15. The quantitative estimate of drug-likeness (QED) is 0.504. The molecule has 0 aliphatic heterocycles. The van der Waals surface area contributed by atoms with Crippen molar-refractivity contribution in [1.29, 1.82) is 0 Å². The first-order valence-corrected chi connectivity index (χ1v) is 5.63. The van der Waals surface area contributed by atoms with E-state index in [4.69, 9.17) is 34.7 Å². The first-order chi connectivity index (χ1) is 5.54. The van der Waals surface area contributed by atoms with Crippen molar-refractivity contribution in [3.8, 4) is 0 Å². The second-order valence-corrected chi connectivity index (χ2v) is 4.49. The average molecular weight is 231 g/mol. The molecule has 0 rings (SSSR count). The highest BCUT2D eigenvalue weighted by Crippen LogP contribution is 2.21. The molecule has 0 aliphatic rings. The van der Waals surface area contributed by atoms with Crippen LogP contribution in [0.25, 0.3) is 0 Å². The van der Waals surface area contributed by atoms with E-state index in [1.165, 1.54) is 0 Å². The van der Waals surface area contributed by atoms with Crippen molar-refractivity contribution in [3.05, 3.63) is 0 Å². The van der Waals surface area contributed by atoms with E-state index in [9.17, 15) is 0 Å². The van der Waals surface area contributed by atoms with E-state index in [2.05, 4.69) is 20.8 Å². The number of hydrogen-bond acceptors (Lipinski definition) is 0. The molecular formula is C7H16BCl3N. The standard InChI is InChI=1S/C7H16BCl3N/c1-4-12(5-2,6-3)8(11)7(9)10/h7H,4-6H2,1-3H3. The lowest BCUT2D eigenvalue weighted by molar-refractivity contribution is -0.819. The third-order valence-electron chi connectivity index (χ3n) is 2.62. The Kier molecular flexibility index (Phi) is 6.01. The Morgan fingerprint density at radius 3 is 1.50 bits per heavy atom. The summed E-state index contributed by atoms with van der Waals surface area (Å²) >= 11 is 17.7. The Balaban J connectivity index is 4.46. The van der Waals surface area contributed by atoms with Crippen molar-refractivity contribution in [2.75, 3.05) is 19.6 Å². The van der Waals surface area contributed by atoms with E-state index in [0.29, 0.717) is 0 Å². The molecule has 0 fully saturated rings. The van der Waals surface area contributed by atoms with Crippen LogP contribution in [0.3, 0.4) is 0 Å². The van der Waals surface area contributed by atoms with Gasteiger partial charge in [0.1, 0.15) is 0 Å². The summed E-state index contributed by atoms with van der Waals surface area (Å²) in [6, 6.07) is 0. The number of rotatable bonds is 5. The Morgan fingerprint density at radius 1 is 1.08 bits per heavy atom. The minimum absolute atomic E-state index is 0.201. The van der Waals surface area contributed by atoms with Crippen LogP contribution in [-0.4, -0.2) is 35.0 Å². The smallest absolute Gasteiger partial charge is 0.261 e. The topological polar surface area (TPSA) is 0 Å². The Morgan fingerprint density at radius 2 is 1.42 bits per heavy atom. The summed E-state index contributed by atoms with van der Waals surface area (Å²) in [4.78, 5) is 0. The van der Waals surface area contributed by atoms with Gasteiger partial charge in [-0.15, -0.1) is 23.2 Å². The molecule has 0 unspecified atom stereocenters. The van der Waals surface area contributed by atoms with Crippen LogP contribution in [0.2, 0.25) is 0 Å². The Hall–Kier alpha value is 0.895. The van der Waals surface area contributed by atoms with Crippen LogP contribution < -0.4 is 0 Å². The molecule has 73 valence electrons. The van der Waals surface area contributed by atoms with E-state index in [1.54, 1.807) is 0 Å². The molecule has 12 heavy (non-hydrogen) atoms. The van der Waals surface area contributed by atoms with Gasteiger partial charge in [-0.2, -0.15) is 0 Å². The number of quaternary nitrogens is 1. The van der Waals surface area contributed by atoms with Crippen LogP contribution in [0, 0.1) is 0 Å². The summed E-state index contributed by atoms with van der Waals surface area (Å²) in [6.07, 6.45) is -0.201. The van der Waals surface area contributed by atoms with Gasteiger partial charge in [-0.25, -0.2) is 0 Å². The zero-order valence-corrected chi connectivity index (χ0v) is 10.1. The van der Waals surface area contributed by atoms with Gasteiger partial charge >= 0.3 is 0 Å². The summed E-state index contributed by atoms with van der Waals surface area (Å²) in [7, 11) is 0. The van der Waals surface area contributed by atoms with Crippen LogP contribution >= 0.6 is 34.7 Å². The first kappa shape index (κ1) is 12.9. The molecule has 0 amide bonds. The summed E-state index contributed by atoms with van der Waals surface area (Å²) < 4.78 is 0.283. The molecule has 0 aromatic carbocycles. The van der Waals surface area contributed by atoms with Crippen molar-refractivity contribution in [2.24, 2.45) is 0 Å². The van der Waals surface area contributed by atoms with Gasteiger partial charge in [0.2, 0.25) is 0 Å².